The number of carbonyl (C=O) groups excluding carboxylic acids is 1. The Balaban J connectivity index is 2.09. The van der Waals surface area contributed by atoms with E-state index in [9.17, 15) is 4.79 Å². The predicted octanol–water partition coefficient (Wildman–Crippen LogP) is 3.77. The monoisotopic (exact) mass is 338 g/mol. The van der Waals surface area contributed by atoms with Gasteiger partial charge in [0, 0.05) is 29.3 Å². The van der Waals surface area contributed by atoms with E-state index in [0.717, 1.165) is 10.0 Å². The summed E-state index contributed by atoms with van der Waals surface area (Å²) >= 11 is 9.24. The lowest BCUT2D eigenvalue weighted by atomic mass is 10.2. The van der Waals surface area contributed by atoms with Gasteiger partial charge in [0.2, 0.25) is 0 Å². The van der Waals surface area contributed by atoms with E-state index in [1.807, 2.05) is 24.3 Å². The highest BCUT2D eigenvalue weighted by Gasteiger charge is 2.13. The molecule has 1 aromatic heterocycles. The normalized spacial score (nSPS) is 10.3. The fourth-order valence-corrected chi connectivity index (χ4v) is 2.08. The standard InChI is InChI=1S/C14H12BrClN2O/c1-18(9-10-2-4-11(15)5-3-10)14(19)13-8-12(16)6-7-17-13/h2-8H,9H2,1H3. The van der Waals surface area contributed by atoms with Crippen LogP contribution in [0.4, 0.5) is 0 Å². The zero-order valence-corrected chi connectivity index (χ0v) is 12.6. The van der Waals surface area contributed by atoms with E-state index >= 15 is 0 Å². The second-order valence-electron chi connectivity index (χ2n) is 4.15. The Kier molecular flexibility index (Phi) is 4.56. The van der Waals surface area contributed by atoms with Crippen molar-refractivity contribution in [2.75, 3.05) is 7.05 Å². The van der Waals surface area contributed by atoms with Gasteiger partial charge in [-0.1, -0.05) is 39.7 Å². The number of halogens is 2. The van der Waals surface area contributed by atoms with Crippen molar-refractivity contribution in [3.05, 3.63) is 63.3 Å². The molecule has 0 bridgehead atoms. The summed E-state index contributed by atoms with van der Waals surface area (Å²) in [6, 6.07) is 11.1. The van der Waals surface area contributed by atoms with Crippen molar-refractivity contribution in [1.29, 1.82) is 0 Å². The zero-order chi connectivity index (χ0) is 13.8. The summed E-state index contributed by atoms with van der Waals surface area (Å²) in [6.07, 6.45) is 1.53. The predicted molar refractivity (Wildman–Crippen MR) is 79.2 cm³/mol. The van der Waals surface area contributed by atoms with E-state index in [0.29, 0.717) is 17.3 Å². The van der Waals surface area contributed by atoms with Crippen molar-refractivity contribution in [1.82, 2.24) is 9.88 Å². The SMILES string of the molecule is CN(Cc1ccc(Br)cc1)C(=O)c1cc(Cl)ccn1. The first kappa shape index (κ1) is 14.0. The number of rotatable bonds is 3. The van der Waals surface area contributed by atoms with Crippen molar-refractivity contribution in [2.24, 2.45) is 0 Å². The van der Waals surface area contributed by atoms with Crippen LogP contribution in [0.2, 0.25) is 5.02 Å². The van der Waals surface area contributed by atoms with Crippen LogP contribution in [0.3, 0.4) is 0 Å². The summed E-state index contributed by atoms with van der Waals surface area (Å²) in [6.45, 7) is 0.528. The van der Waals surface area contributed by atoms with Crippen LogP contribution >= 0.6 is 27.5 Å². The topological polar surface area (TPSA) is 33.2 Å². The van der Waals surface area contributed by atoms with Gasteiger partial charge in [0.25, 0.3) is 5.91 Å². The minimum Gasteiger partial charge on any atom is -0.336 e. The molecule has 5 heteroatoms. The Morgan fingerprint density at radius 2 is 2.00 bits per heavy atom. The summed E-state index contributed by atoms with van der Waals surface area (Å²) in [7, 11) is 1.74. The Morgan fingerprint density at radius 1 is 1.32 bits per heavy atom. The van der Waals surface area contributed by atoms with Crippen LogP contribution < -0.4 is 0 Å². The molecular weight excluding hydrogens is 328 g/mol. The van der Waals surface area contributed by atoms with Crippen molar-refractivity contribution in [2.45, 2.75) is 6.54 Å². The van der Waals surface area contributed by atoms with Crippen LogP contribution in [0.5, 0.6) is 0 Å². The summed E-state index contributed by atoms with van der Waals surface area (Å²) in [5.41, 5.74) is 1.41. The first-order valence-electron chi connectivity index (χ1n) is 5.68. The number of carbonyl (C=O) groups is 1. The third-order valence-electron chi connectivity index (χ3n) is 2.62. The molecule has 0 atom stereocenters. The van der Waals surface area contributed by atoms with Gasteiger partial charge in [0.15, 0.2) is 0 Å². The van der Waals surface area contributed by atoms with Crippen LogP contribution in [-0.2, 0) is 6.54 Å². The molecule has 0 unspecified atom stereocenters. The van der Waals surface area contributed by atoms with Crippen molar-refractivity contribution >= 4 is 33.4 Å². The maximum atomic E-state index is 12.2. The number of nitrogens with zero attached hydrogens (tertiary/aromatic N) is 2. The lowest BCUT2D eigenvalue weighted by molar-refractivity contribution is 0.0779. The van der Waals surface area contributed by atoms with Crippen LogP contribution in [0.1, 0.15) is 16.1 Å². The molecule has 0 saturated heterocycles. The van der Waals surface area contributed by atoms with E-state index in [1.54, 1.807) is 24.1 Å². The van der Waals surface area contributed by atoms with Gasteiger partial charge < -0.3 is 4.90 Å². The van der Waals surface area contributed by atoms with Crippen molar-refractivity contribution in [3.8, 4) is 0 Å². The Morgan fingerprint density at radius 3 is 2.63 bits per heavy atom. The molecule has 98 valence electrons. The number of amides is 1. The van der Waals surface area contributed by atoms with Gasteiger partial charge in [-0.15, -0.1) is 0 Å². The summed E-state index contributed by atoms with van der Waals surface area (Å²) in [4.78, 5) is 17.8. The van der Waals surface area contributed by atoms with E-state index in [4.69, 9.17) is 11.6 Å². The first-order chi connectivity index (χ1) is 9.06. The van der Waals surface area contributed by atoms with Crippen LogP contribution in [0.15, 0.2) is 47.1 Å². The Labute approximate surface area is 125 Å². The molecule has 1 amide bonds. The van der Waals surface area contributed by atoms with Gasteiger partial charge in [-0.3, -0.25) is 9.78 Å². The van der Waals surface area contributed by atoms with E-state index in [2.05, 4.69) is 20.9 Å². The Bertz CT molecular complexity index is 586. The molecule has 0 saturated carbocycles. The number of aromatic nitrogens is 1. The minimum absolute atomic E-state index is 0.148. The molecule has 1 aromatic carbocycles. The van der Waals surface area contributed by atoms with Crippen molar-refractivity contribution < 1.29 is 4.79 Å². The second kappa shape index (κ2) is 6.17. The molecule has 0 aliphatic heterocycles. The summed E-state index contributed by atoms with van der Waals surface area (Å²) in [5, 5.41) is 0.510. The fourth-order valence-electron chi connectivity index (χ4n) is 1.65. The van der Waals surface area contributed by atoms with E-state index in [-0.39, 0.29) is 5.91 Å². The number of hydrogen-bond acceptors (Lipinski definition) is 2. The third-order valence-corrected chi connectivity index (χ3v) is 3.38. The average molecular weight is 340 g/mol. The number of benzene rings is 1. The van der Waals surface area contributed by atoms with Gasteiger partial charge in [-0.05, 0) is 29.8 Å². The molecule has 2 rings (SSSR count). The largest absolute Gasteiger partial charge is 0.336 e. The van der Waals surface area contributed by atoms with Crippen LogP contribution in [0.25, 0.3) is 0 Å². The summed E-state index contributed by atoms with van der Waals surface area (Å²) in [5.74, 6) is -0.148. The minimum atomic E-state index is -0.148. The molecule has 3 nitrogen and oxygen atoms in total. The van der Waals surface area contributed by atoms with E-state index in [1.165, 1.54) is 6.20 Å². The Hall–Kier alpha value is -1.39. The molecule has 2 aromatic rings. The zero-order valence-electron chi connectivity index (χ0n) is 10.3. The molecule has 0 fully saturated rings. The average Bonchev–Trinajstić information content (AvgIpc) is 2.40. The highest BCUT2D eigenvalue weighted by Crippen LogP contribution is 2.14. The number of pyridine rings is 1. The van der Waals surface area contributed by atoms with Crippen molar-refractivity contribution in [3.63, 3.8) is 0 Å². The van der Waals surface area contributed by atoms with Gasteiger partial charge in [0.1, 0.15) is 5.69 Å². The quantitative estimate of drug-likeness (QED) is 0.853. The maximum absolute atomic E-state index is 12.2. The third kappa shape index (κ3) is 3.78. The molecule has 1 heterocycles. The maximum Gasteiger partial charge on any atom is 0.272 e. The second-order valence-corrected chi connectivity index (χ2v) is 5.50. The van der Waals surface area contributed by atoms with Crippen LogP contribution in [0, 0.1) is 0 Å². The van der Waals surface area contributed by atoms with Gasteiger partial charge in [-0.25, -0.2) is 0 Å². The van der Waals surface area contributed by atoms with Crippen LogP contribution in [-0.4, -0.2) is 22.8 Å². The van der Waals surface area contributed by atoms with Gasteiger partial charge >= 0.3 is 0 Å². The lowest BCUT2D eigenvalue weighted by Gasteiger charge is -2.16. The highest BCUT2D eigenvalue weighted by molar-refractivity contribution is 9.10. The lowest BCUT2D eigenvalue weighted by Crippen LogP contribution is -2.26. The molecule has 0 aliphatic rings. The molecule has 0 radical (unpaired) electrons. The first-order valence-corrected chi connectivity index (χ1v) is 6.85. The fraction of sp³-hybridized carbons (Fsp3) is 0.143. The van der Waals surface area contributed by atoms with Gasteiger partial charge in [-0.2, -0.15) is 0 Å². The smallest absolute Gasteiger partial charge is 0.272 e. The van der Waals surface area contributed by atoms with E-state index < -0.39 is 0 Å². The molecular formula is C14H12BrClN2O. The molecule has 0 N–H and O–H groups in total. The van der Waals surface area contributed by atoms with Gasteiger partial charge in [0.05, 0.1) is 0 Å². The number of hydrogen-bond donors (Lipinski definition) is 0. The summed E-state index contributed by atoms with van der Waals surface area (Å²) < 4.78 is 1.02. The molecule has 0 spiro atoms. The highest BCUT2D eigenvalue weighted by atomic mass is 79.9. The molecule has 0 aliphatic carbocycles. The molecule has 19 heavy (non-hydrogen) atoms.